The molecule has 32 heavy (non-hydrogen) atoms. The van der Waals surface area contributed by atoms with Gasteiger partial charge in [-0.1, -0.05) is 6.08 Å². The maximum absolute atomic E-state index is 12.7. The summed E-state index contributed by atoms with van der Waals surface area (Å²) in [4.78, 5) is 14.0. The number of halogens is 3. The van der Waals surface area contributed by atoms with Gasteiger partial charge < -0.3 is 26.0 Å². The molecule has 0 aromatic carbocycles. The summed E-state index contributed by atoms with van der Waals surface area (Å²) in [5.41, 5.74) is 1.66. The Morgan fingerprint density at radius 2 is 1.88 bits per heavy atom. The molecule has 1 fully saturated rings. The number of allylic oxidation sites excluding steroid dienone is 1. The highest BCUT2D eigenvalue weighted by Gasteiger charge is 2.41. The molecular weight excluding hydrogens is 447 g/mol. The van der Waals surface area contributed by atoms with Crippen molar-refractivity contribution >= 4 is 29.2 Å². The molecule has 1 aliphatic rings. The third-order valence-corrected chi connectivity index (χ3v) is 6.27. The number of thiazole rings is 1. The van der Waals surface area contributed by atoms with Gasteiger partial charge in [-0.3, -0.25) is 0 Å². The van der Waals surface area contributed by atoms with Crippen LogP contribution in [0, 0.1) is 19.8 Å². The first-order chi connectivity index (χ1) is 15.0. The summed E-state index contributed by atoms with van der Waals surface area (Å²) in [5, 5.41) is 35.8. The summed E-state index contributed by atoms with van der Waals surface area (Å²) in [7, 11) is 0. The van der Waals surface area contributed by atoms with Crippen molar-refractivity contribution in [3.05, 3.63) is 22.3 Å². The zero-order chi connectivity index (χ0) is 23.6. The molecule has 0 bridgehead atoms. The number of nitrogens with one attached hydrogen (secondary N) is 2. The first-order valence-electron chi connectivity index (χ1n) is 10.1. The number of nitrogens with zero attached hydrogens (tertiary/aromatic N) is 3. The molecule has 0 amide bonds. The third kappa shape index (κ3) is 5.37. The minimum Gasteiger partial charge on any atom is -0.396 e. The molecule has 3 rings (SSSR count). The van der Waals surface area contributed by atoms with Gasteiger partial charge in [0.15, 0.2) is 0 Å². The van der Waals surface area contributed by atoms with Crippen LogP contribution in [0.15, 0.2) is 6.08 Å². The molecule has 2 heterocycles. The highest BCUT2D eigenvalue weighted by molar-refractivity contribution is 7.15. The van der Waals surface area contributed by atoms with Crippen molar-refractivity contribution < 1.29 is 28.5 Å². The Kier molecular flexibility index (Phi) is 7.38. The van der Waals surface area contributed by atoms with Gasteiger partial charge in [0.2, 0.25) is 5.95 Å². The SMILES string of the molecule is C/C=C\c1nc(-c2c(C)nc(NCC(F)(F)F)nc2N[C@H]2C[C@@H](CO)[C@H](O)[C@@H]2O)sc1C. The number of aliphatic hydroxyl groups excluding tert-OH is 3. The van der Waals surface area contributed by atoms with E-state index in [1.165, 1.54) is 11.3 Å². The van der Waals surface area contributed by atoms with Crippen LogP contribution >= 0.6 is 11.3 Å². The number of aromatic nitrogens is 3. The van der Waals surface area contributed by atoms with Gasteiger partial charge in [-0.2, -0.15) is 18.2 Å². The minimum atomic E-state index is -4.45. The molecular formula is C20H26F3N5O3S. The minimum absolute atomic E-state index is 0.192. The van der Waals surface area contributed by atoms with Crippen molar-refractivity contribution in [3.8, 4) is 10.6 Å². The molecule has 2 aromatic heterocycles. The predicted molar refractivity (Wildman–Crippen MR) is 116 cm³/mol. The number of hydrogen-bond acceptors (Lipinski definition) is 9. The van der Waals surface area contributed by atoms with Crippen LogP contribution in [0.2, 0.25) is 0 Å². The molecule has 0 radical (unpaired) electrons. The molecule has 4 atom stereocenters. The number of anilines is 2. The van der Waals surface area contributed by atoms with E-state index in [0.29, 0.717) is 16.3 Å². The molecule has 8 nitrogen and oxygen atoms in total. The average molecular weight is 474 g/mol. The molecule has 0 saturated heterocycles. The van der Waals surface area contributed by atoms with Crippen molar-refractivity contribution in [1.82, 2.24) is 15.0 Å². The van der Waals surface area contributed by atoms with Crippen molar-refractivity contribution in [2.24, 2.45) is 5.92 Å². The second-order valence-electron chi connectivity index (χ2n) is 7.70. The van der Waals surface area contributed by atoms with Crippen LogP contribution in [0.25, 0.3) is 16.6 Å². The molecule has 1 aliphatic carbocycles. The molecule has 0 aliphatic heterocycles. The summed E-state index contributed by atoms with van der Waals surface area (Å²) >= 11 is 1.39. The lowest BCUT2D eigenvalue weighted by atomic mass is 10.1. The van der Waals surface area contributed by atoms with E-state index in [1.807, 2.05) is 26.0 Å². The zero-order valence-electron chi connectivity index (χ0n) is 17.8. The predicted octanol–water partition coefficient (Wildman–Crippen LogP) is 2.74. The number of hydrogen-bond donors (Lipinski definition) is 5. The van der Waals surface area contributed by atoms with E-state index in [1.54, 1.807) is 6.92 Å². The first-order valence-corrected chi connectivity index (χ1v) is 10.9. The molecule has 0 unspecified atom stereocenters. The van der Waals surface area contributed by atoms with Crippen LogP contribution in [0.3, 0.4) is 0 Å². The fraction of sp³-hybridized carbons (Fsp3) is 0.550. The van der Waals surface area contributed by atoms with Crippen LogP contribution in [-0.2, 0) is 0 Å². The lowest BCUT2D eigenvalue weighted by molar-refractivity contribution is -0.115. The average Bonchev–Trinajstić information content (AvgIpc) is 3.20. The van der Waals surface area contributed by atoms with Crippen LogP contribution in [-0.4, -0.2) is 67.8 Å². The largest absolute Gasteiger partial charge is 0.405 e. The Morgan fingerprint density at radius 1 is 1.16 bits per heavy atom. The van der Waals surface area contributed by atoms with Gasteiger partial charge in [-0.05, 0) is 33.3 Å². The first kappa shape index (κ1) is 24.4. The lowest BCUT2D eigenvalue weighted by Crippen LogP contribution is -2.36. The Hall–Kier alpha value is -2.28. The monoisotopic (exact) mass is 473 g/mol. The Bertz CT molecular complexity index is 982. The number of rotatable bonds is 7. The maximum atomic E-state index is 12.7. The molecule has 2 aromatic rings. The lowest BCUT2D eigenvalue weighted by Gasteiger charge is -2.21. The quantitative estimate of drug-likeness (QED) is 0.416. The van der Waals surface area contributed by atoms with Crippen molar-refractivity contribution in [2.75, 3.05) is 23.8 Å². The number of aliphatic hydroxyl groups is 3. The third-order valence-electron chi connectivity index (χ3n) is 5.27. The van der Waals surface area contributed by atoms with Gasteiger partial charge in [0, 0.05) is 17.4 Å². The molecule has 0 spiro atoms. The highest BCUT2D eigenvalue weighted by Crippen LogP contribution is 2.37. The van der Waals surface area contributed by atoms with E-state index in [-0.39, 0.29) is 24.8 Å². The Balaban J connectivity index is 2.02. The summed E-state index contributed by atoms with van der Waals surface area (Å²) in [5.74, 6) is -0.558. The fourth-order valence-corrected chi connectivity index (χ4v) is 4.64. The molecule has 1 saturated carbocycles. The normalized spacial score (nSPS) is 23.8. The fourth-order valence-electron chi connectivity index (χ4n) is 3.64. The van der Waals surface area contributed by atoms with Gasteiger partial charge in [0.1, 0.15) is 23.5 Å². The molecule has 176 valence electrons. The van der Waals surface area contributed by atoms with Gasteiger partial charge in [0.05, 0.1) is 29.1 Å². The van der Waals surface area contributed by atoms with Crippen LogP contribution in [0.1, 0.15) is 29.6 Å². The van der Waals surface area contributed by atoms with E-state index in [4.69, 9.17) is 0 Å². The van der Waals surface area contributed by atoms with Crippen molar-refractivity contribution in [2.45, 2.75) is 51.6 Å². The highest BCUT2D eigenvalue weighted by atomic mass is 32.1. The molecule has 12 heteroatoms. The summed E-state index contributed by atoms with van der Waals surface area (Å²) in [6, 6.07) is -0.665. The topological polar surface area (TPSA) is 123 Å². The van der Waals surface area contributed by atoms with E-state index in [0.717, 1.165) is 10.6 Å². The van der Waals surface area contributed by atoms with Crippen molar-refractivity contribution in [1.29, 1.82) is 0 Å². The second-order valence-corrected chi connectivity index (χ2v) is 8.90. The second kappa shape index (κ2) is 9.69. The van der Waals surface area contributed by atoms with E-state index >= 15 is 0 Å². The van der Waals surface area contributed by atoms with Gasteiger partial charge in [0.25, 0.3) is 0 Å². The summed E-state index contributed by atoms with van der Waals surface area (Å²) in [6.45, 7) is 3.81. The van der Waals surface area contributed by atoms with Crippen LogP contribution in [0.5, 0.6) is 0 Å². The standard InChI is InChI=1S/C20H26F3N5O3S/c1-4-5-12-10(3)32-18(27-12)14-9(2)25-19(24-8-20(21,22)23)28-17(14)26-13-6-11(7-29)15(30)16(13)31/h4-5,11,13,15-16,29-31H,6-8H2,1-3H3,(H2,24,25,26,28)/b5-4-/t11-,13-,15-,16+/m0/s1. The smallest absolute Gasteiger partial charge is 0.396 e. The molecule has 5 N–H and O–H groups in total. The number of aryl methyl sites for hydroxylation is 2. The maximum Gasteiger partial charge on any atom is 0.405 e. The summed E-state index contributed by atoms with van der Waals surface area (Å²) < 4.78 is 38.0. The van der Waals surface area contributed by atoms with E-state index in [9.17, 15) is 28.5 Å². The Labute approximate surface area is 187 Å². The Morgan fingerprint density at radius 3 is 2.47 bits per heavy atom. The van der Waals surface area contributed by atoms with E-state index < -0.39 is 36.9 Å². The zero-order valence-corrected chi connectivity index (χ0v) is 18.6. The summed E-state index contributed by atoms with van der Waals surface area (Å²) in [6.07, 6.45) is -2.80. The van der Waals surface area contributed by atoms with E-state index in [2.05, 4.69) is 25.6 Å². The van der Waals surface area contributed by atoms with Gasteiger partial charge in [-0.15, -0.1) is 11.3 Å². The number of alkyl halides is 3. The van der Waals surface area contributed by atoms with Crippen molar-refractivity contribution in [3.63, 3.8) is 0 Å². The van der Waals surface area contributed by atoms with Crippen LogP contribution in [0.4, 0.5) is 24.9 Å². The van der Waals surface area contributed by atoms with Gasteiger partial charge in [-0.25, -0.2) is 9.97 Å². The van der Waals surface area contributed by atoms with Crippen LogP contribution < -0.4 is 10.6 Å². The van der Waals surface area contributed by atoms with Gasteiger partial charge >= 0.3 is 6.18 Å².